The van der Waals surface area contributed by atoms with Gasteiger partial charge in [0.05, 0.1) is 0 Å². The van der Waals surface area contributed by atoms with Gasteiger partial charge in [-0.3, -0.25) is 0 Å². The van der Waals surface area contributed by atoms with E-state index in [4.69, 9.17) is 10.7 Å². The molecule has 1 saturated carbocycles. The van der Waals surface area contributed by atoms with E-state index in [9.17, 15) is 0 Å². The zero-order chi connectivity index (χ0) is 11.7. The van der Waals surface area contributed by atoms with Gasteiger partial charge in [0.15, 0.2) is 0 Å². The maximum Gasteiger partial charge on any atom is 0.205 e. The van der Waals surface area contributed by atoms with Crippen LogP contribution in [-0.4, -0.2) is 28.5 Å². The second-order valence-corrected chi connectivity index (χ2v) is 5.86. The maximum atomic E-state index is 5.70. The van der Waals surface area contributed by atoms with Crippen LogP contribution in [0.15, 0.2) is 0 Å². The molecule has 1 aromatic heterocycles. The van der Waals surface area contributed by atoms with E-state index in [1.54, 1.807) is 11.5 Å². The van der Waals surface area contributed by atoms with E-state index in [1.165, 1.54) is 32.1 Å². The van der Waals surface area contributed by atoms with Crippen LogP contribution in [0.4, 0.5) is 5.13 Å². The first-order valence-electron chi connectivity index (χ1n) is 6.69. The van der Waals surface area contributed by atoms with Gasteiger partial charge in [0.2, 0.25) is 5.13 Å². The summed E-state index contributed by atoms with van der Waals surface area (Å²) in [6, 6.07) is 0.591. The molecule has 1 aromatic rings. The second-order valence-electron chi connectivity index (χ2n) is 5.13. The van der Waals surface area contributed by atoms with E-state index in [2.05, 4.69) is 9.27 Å². The number of nitrogens with zero attached hydrogens (tertiary/aromatic N) is 3. The molecule has 17 heavy (non-hydrogen) atoms. The highest BCUT2D eigenvalue weighted by molar-refractivity contribution is 7.09. The van der Waals surface area contributed by atoms with Gasteiger partial charge < -0.3 is 10.6 Å². The third kappa shape index (κ3) is 2.45. The standard InChI is InChI=1S/C12H20N4S/c13-7-6-10-3-1-2-8-16(10)12-14-11(15-17-12)9-4-5-9/h9-10H,1-8,13H2. The van der Waals surface area contributed by atoms with Gasteiger partial charge >= 0.3 is 0 Å². The number of aromatic nitrogens is 2. The fraction of sp³-hybridized carbons (Fsp3) is 0.833. The number of anilines is 1. The molecule has 0 spiro atoms. The number of hydrogen-bond acceptors (Lipinski definition) is 5. The largest absolute Gasteiger partial charge is 0.344 e. The van der Waals surface area contributed by atoms with Crippen molar-refractivity contribution < 1.29 is 0 Å². The van der Waals surface area contributed by atoms with Gasteiger partial charge in [-0.05, 0) is 45.1 Å². The maximum absolute atomic E-state index is 5.70. The number of piperidine rings is 1. The molecule has 2 aliphatic rings. The average Bonchev–Trinajstić information content (AvgIpc) is 3.09. The SMILES string of the molecule is NCCC1CCCCN1c1nc(C2CC2)ns1. The van der Waals surface area contributed by atoms with Crippen LogP contribution in [0.3, 0.4) is 0 Å². The lowest BCUT2D eigenvalue weighted by atomic mass is 10.0. The summed E-state index contributed by atoms with van der Waals surface area (Å²) in [5, 5.41) is 1.13. The highest BCUT2D eigenvalue weighted by Crippen LogP contribution is 2.40. The minimum Gasteiger partial charge on any atom is -0.344 e. The van der Waals surface area contributed by atoms with Crippen LogP contribution < -0.4 is 10.6 Å². The third-order valence-corrected chi connectivity index (χ3v) is 4.51. The number of nitrogens with two attached hydrogens (primary N) is 1. The summed E-state index contributed by atoms with van der Waals surface area (Å²) >= 11 is 1.58. The van der Waals surface area contributed by atoms with Gasteiger partial charge in [-0.1, -0.05) is 0 Å². The van der Waals surface area contributed by atoms with Crippen molar-refractivity contribution in [3.63, 3.8) is 0 Å². The molecule has 1 aliphatic carbocycles. The first-order chi connectivity index (χ1) is 8.38. The summed E-state index contributed by atoms with van der Waals surface area (Å²) in [5.41, 5.74) is 5.70. The van der Waals surface area contributed by atoms with E-state index in [0.717, 1.165) is 30.5 Å². The highest BCUT2D eigenvalue weighted by atomic mass is 32.1. The Hall–Kier alpha value is -0.680. The molecule has 2 heterocycles. The van der Waals surface area contributed by atoms with E-state index in [0.29, 0.717) is 12.0 Å². The van der Waals surface area contributed by atoms with Crippen molar-refractivity contribution in [1.82, 2.24) is 9.36 Å². The van der Waals surface area contributed by atoms with Crippen molar-refractivity contribution in [2.75, 3.05) is 18.0 Å². The Morgan fingerprint density at radius 3 is 2.94 bits per heavy atom. The van der Waals surface area contributed by atoms with Crippen LogP contribution in [0, 0.1) is 0 Å². The van der Waals surface area contributed by atoms with Gasteiger partial charge in [0.25, 0.3) is 0 Å². The second kappa shape index (κ2) is 4.90. The Morgan fingerprint density at radius 2 is 2.18 bits per heavy atom. The fourth-order valence-electron chi connectivity index (χ4n) is 2.60. The zero-order valence-corrected chi connectivity index (χ0v) is 11.0. The van der Waals surface area contributed by atoms with Crippen molar-refractivity contribution >= 4 is 16.7 Å². The summed E-state index contributed by atoms with van der Waals surface area (Å²) in [5.74, 6) is 1.75. The first kappa shape index (κ1) is 11.4. The smallest absolute Gasteiger partial charge is 0.205 e. The monoisotopic (exact) mass is 252 g/mol. The summed E-state index contributed by atoms with van der Waals surface area (Å²) in [7, 11) is 0. The van der Waals surface area contributed by atoms with E-state index in [-0.39, 0.29) is 0 Å². The summed E-state index contributed by atoms with van der Waals surface area (Å²) in [6.07, 6.45) is 7.51. The molecular weight excluding hydrogens is 232 g/mol. The molecule has 0 bridgehead atoms. The minimum atomic E-state index is 0.591. The quantitative estimate of drug-likeness (QED) is 0.892. The lowest BCUT2D eigenvalue weighted by Crippen LogP contribution is -2.40. The summed E-state index contributed by atoms with van der Waals surface area (Å²) < 4.78 is 4.51. The van der Waals surface area contributed by atoms with E-state index in [1.807, 2.05) is 0 Å². The molecule has 2 fully saturated rings. The molecule has 1 unspecified atom stereocenters. The van der Waals surface area contributed by atoms with Crippen LogP contribution in [0.1, 0.15) is 50.3 Å². The molecule has 0 aromatic carbocycles. The van der Waals surface area contributed by atoms with E-state index >= 15 is 0 Å². The van der Waals surface area contributed by atoms with Crippen LogP contribution in [0.5, 0.6) is 0 Å². The number of rotatable bonds is 4. The molecule has 0 amide bonds. The van der Waals surface area contributed by atoms with Crippen LogP contribution >= 0.6 is 11.5 Å². The molecule has 5 heteroatoms. The van der Waals surface area contributed by atoms with Crippen LogP contribution in [0.2, 0.25) is 0 Å². The van der Waals surface area contributed by atoms with Gasteiger partial charge in [-0.2, -0.15) is 4.37 Å². The molecule has 0 radical (unpaired) electrons. The average molecular weight is 252 g/mol. The van der Waals surface area contributed by atoms with Crippen LogP contribution in [-0.2, 0) is 0 Å². The van der Waals surface area contributed by atoms with Gasteiger partial charge in [-0.25, -0.2) is 4.98 Å². The third-order valence-electron chi connectivity index (χ3n) is 3.75. The topological polar surface area (TPSA) is 55.0 Å². The Balaban J connectivity index is 1.74. The lowest BCUT2D eigenvalue weighted by Gasteiger charge is -2.35. The van der Waals surface area contributed by atoms with Crippen molar-refractivity contribution in [1.29, 1.82) is 0 Å². The first-order valence-corrected chi connectivity index (χ1v) is 7.46. The van der Waals surface area contributed by atoms with Crippen molar-refractivity contribution in [3.8, 4) is 0 Å². The molecule has 3 rings (SSSR count). The molecule has 1 saturated heterocycles. The molecule has 4 nitrogen and oxygen atoms in total. The Morgan fingerprint density at radius 1 is 1.29 bits per heavy atom. The Labute approximate surface area is 106 Å². The highest BCUT2D eigenvalue weighted by Gasteiger charge is 2.30. The van der Waals surface area contributed by atoms with Crippen molar-refractivity contribution in [3.05, 3.63) is 5.82 Å². The lowest BCUT2D eigenvalue weighted by molar-refractivity contribution is 0.441. The van der Waals surface area contributed by atoms with Crippen molar-refractivity contribution in [2.24, 2.45) is 5.73 Å². The zero-order valence-electron chi connectivity index (χ0n) is 10.1. The molecule has 1 atom stereocenters. The Kier molecular flexibility index (Phi) is 3.29. The fourth-order valence-corrected chi connectivity index (χ4v) is 3.44. The predicted molar refractivity (Wildman–Crippen MR) is 70.5 cm³/mol. The summed E-state index contributed by atoms with van der Waals surface area (Å²) in [4.78, 5) is 7.17. The van der Waals surface area contributed by atoms with Gasteiger partial charge in [0, 0.05) is 30.0 Å². The van der Waals surface area contributed by atoms with Gasteiger partial charge in [0.1, 0.15) is 5.82 Å². The molecule has 2 N–H and O–H groups in total. The molecule has 94 valence electrons. The summed E-state index contributed by atoms with van der Waals surface area (Å²) in [6.45, 7) is 1.90. The number of hydrogen-bond donors (Lipinski definition) is 1. The minimum absolute atomic E-state index is 0.591. The molecular formula is C12H20N4S. The molecule has 1 aliphatic heterocycles. The normalized spacial score (nSPS) is 25.2. The predicted octanol–water partition coefficient (Wildman–Crippen LogP) is 2.12. The van der Waals surface area contributed by atoms with Crippen LogP contribution in [0.25, 0.3) is 0 Å². The van der Waals surface area contributed by atoms with Gasteiger partial charge in [-0.15, -0.1) is 0 Å². The van der Waals surface area contributed by atoms with E-state index < -0.39 is 0 Å². The Bertz CT molecular complexity index is 372. The van der Waals surface area contributed by atoms with Crippen molar-refractivity contribution in [2.45, 2.75) is 50.5 Å².